The van der Waals surface area contributed by atoms with E-state index in [-0.39, 0.29) is 11.6 Å². The Labute approximate surface area is 97.8 Å². The Morgan fingerprint density at radius 3 is 2.75 bits per heavy atom. The van der Waals surface area contributed by atoms with Crippen LogP contribution in [-0.4, -0.2) is 27.8 Å². The lowest BCUT2D eigenvalue weighted by Gasteiger charge is -2.31. The molecule has 4 heteroatoms. The van der Waals surface area contributed by atoms with Gasteiger partial charge in [-0.1, -0.05) is 0 Å². The predicted octanol–water partition coefficient (Wildman–Crippen LogP) is 1.59. The molecule has 0 aliphatic heterocycles. The van der Waals surface area contributed by atoms with E-state index in [9.17, 15) is 0 Å². The normalized spacial score (nSPS) is 14.1. The third-order valence-corrected chi connectivity index (χ3v) is 2.95. The zero-order valence-corrected chi connectivity index (χ0v) is 10.7. The van der Waals surface area contributed by atoms with Crippen molar-refractivity contribution in [1.29, 1.82) is 0 Å². The van der Waals surface area contributed by atoms with Gasteiger partial charge in [0.1, 0.15) is 5.82 Å². The summed E-state index contributed by atoms with van der Waals surface area (Å²) in [4.78, 5) is 4.33. The number of nitrogens with zero attached hydrogens (tertiary/aromatic N) is 2. The van der Waals surface area contributed by atoms with Gasteiger partial charge < -0.3 is 15.0 Å². The number of ether oxygens (including phenoxy) is 1. The number of aryl methyl sites for hydroxylation is 1. The molecule has 1 aromatic rings. The summed E-state index contributed by atoms with van der Waals surface area (Å²) in [6.45, 7) is 9.76. The van der Waals surface area contributed by atoms with Gasteiger partial charge in [0, 0.05) is 38.0 Å². The summed E-state index contributed by atoms with van der Waals surface area (Å²) >= 11 is 0. The van der Waals surface area contributed by atoms with Crippen LogP contribution in [0.25, 0.3) is 0 Å². The van der Waals surface area contributed by atoms with E-state index in [0.717, 1.165) is 18.8 Å². The molecule has 1 rings (SSSR count). The van der Waals surface area contributed by atoms with Crippen molar-refractivity contribution in [3.05, 3.63) is 18.2 Å². The minimum absolute atomic E-state index is 0.0415. The predicted molar refractivity (Wildman–Crippen MR) is 65.3 cm³/mol. The van der Waals surface area contributed by atoms with Crippen LogP contribution >= 0.6 is 0 Å². The van der Waals surface area contributed by atoms with E-state index in [2.05, 4.69) is 16.5 Å². The Hall–Kier alpha value is -0.870. The molecule has 1 heterocycles. The van der Waals surface area contributed by atoms with Gasteiger partial charge in [-0.2, -0.15) is 0 Å². The summed E-state index contributed by atoms with van der Waals surface area (Å²) in [5.41, 5.74) is 5.87. The first-order valence-electron chi connectivity index (χ1n) is 5.90. The molecule has 1 unspecified atom stereocenters. The van der Waals surface area contributed by atoms with E-state index >= 15 is 0 Å². The first kappa shape index (κ1) is 13.2. The first-order chi connectivity index (χ1) is 7.51. The van der Waals surface area contributed by atoms with Crippen LogP contribution in [0.15, 0.2) is 12.4 Å². The molecule has 0 bridgehead atoms. The summed E-state index contributed by atoms with van der Waals surface area (Å²) in [6.07, 6.45) is 4.54. The Balaban J connectivity index is 2.67. The fourth-order valence-corrected chi connectivity index (χ4v) is 1.74. The summed E-state index contributed by atoms with van der Waals surface area (Å²) in [5, 5.41) is 0. The van der Waals surface area contributed by atoms with E-state index in [1.165, 1.54) is 0 Å². The Bertz CT molecular complexity index is 320. The largest absolute Gasteiger partial charge is 0.374 e. The Kier molecular flexibility index (Phi) is 4.50. The van der Waals surface area contributed by atoms with Crippen LogP contribution in [0.4, 0.5) is 0 Å². The smallest absolute Gasteiger partial charge is 0.110 e. The number of aromatic nitrogens is 2. The molecule has 0 aromatic carbocycles. The van der Waals surface area contributed by atoms with Gasteiger partial charge in [0.2, 0.25) is 0 Å². The molecule has 0 radical (unpaired) electrons. The van der Waals surface area contributed by atoms with Crippen molar-refractivity contribution in [1.82, 2.24) is 9.55 Å². The number of hydrogen-bond donors (Lipinski definition) is 1. The number of nitrogens with two attached hydrogens (primary N) is 1. The van der Waals surface area contributed by atoms with Crippen LogP contribution in [0, 0.1) is 0 Å². The quantitative estimate of drug-likeness (QED) is 0.800. The highest BCUT2D eigenvalue weighted by Gasteiger charge is 2.27. The molecule has 0 aliphatic rings. The second kappa shape index (κ2) is 5.46. The molecular formula is C12H23N3O. The summed E-state index contributed by atoms with van der Waals surface area (Å²) in [5.74, 6) is 1.03. The molecular weight excluding hydrogens is 202 g/mol. The van der Waals surface area contributed by atoms with Crippen LogP contribution in [-0.2, 0) is 17.7 Å². The molecule has 16 heavy (non-hydrogen) atoms. The zero-order valence-electron chi connectivity index (χ0n) is 10.7. The minimum Gasteiger partial charge on any atom is -0.374 e. The molecule has 2 N–H and O–H groups in total. The average Bonchev–Trinajstić information content (AvgIpc) is 2.65. The highest BCUT2D eigenvalue weighted by atomic mass is 16.5. The fraction of sp³-hybridized carbons (Fsp3) is 0.750. The van der Waals surface area contributed by atoms with Crippen molar-refractivity contribution in [3.8, 4) is 0 Å². The van der Waals surface area contributed by atoms with E-state index < -0.39 is 0 Å². The average molecular weight is 225 g/mol. The van der Waals surface area contributed by atoms with Crippen molar-refractivity contribution in [2.45, 2.75) is 52.3 Å². The minimum atomic E-state index is -0.306. The maximum Gasteiger partial charge on any atom is 0.110 e. The molecule has 92 valence electrons. The van der Waals surface area contributed by atoms with Gasteiger partial charge in [0.05, 0.1) is 5.60 Å². The fourth-order valence-electron chi connectivity index (χ4n) is 1.74. The third kappa shape index (κ3) is 3.06. The first-order valence-corrected chi connectivity index (χ1v) is 5.90. The lowest BCUT2D eigenvalue weighted by Crippen LogP contribution is -2.47. The van der Waals surface area contributed by atoms with Crippen molar-refractivity contribution in [2.24, 2.45) is 5.73 Å². The van der Waals surface area contributed by atoms with Crippen LogP contribution in [0.3, 0.4) is 0 Å². The van der Waals surface area contributed by atoms with Gasteiger partial charge >= 0.3 is 0 Å². The monoisotopic (exact) mass is 225 g/mol. The summed E-state index contributed by atoms with van der Waals surface area (Å²) in [6, 6.07) is -0.0415. The van der Waals surface area contributed by atoms with Gasteiger partial charge in [-0.25, -0.2) is 4.98 Å². The lowest BCUT2D eigenvalue weighted by atomic mass is 9.96. The second-order valence-corrected chi connectivity index (χ2v) is 4.48. The van der Waals surface area contributed by atoms with Gasteiger partial charge in [-0.3, -0.25) is 0 Å². The molecule has 0 aliphatic carbocycles. The van der Waals surface area contributed by atoms with Crippen LogP contribution in [0.2, 0.25) is 0 Å². The SMILES string of the molecule is CCOC(C)(C)C(N)Cc1nccn1CC. The Morgan fingerprint density at radius 2 is 2.19 bits per heavy atom. The van der Waals surface area contributed by atoms with E-state index in [1.807, 2.05) is 33.2 Å². The van der Waals surface area contributed by atoms with Crippen molar-refractivity contribution >= 4 is 0 Å². The molecule has 1 atom stereocenters. The molecule has 1 aromatic heterocycles. The highest BCUT2D eigenvalue weighted by molar-refractivity contribution is 4.98. The molecule has 0 saturated heterocycles. The Morgan fingerprint density at radius 1 is 1.50 bits per heavy atom. The number of rotatable bonds is 6. The standard InChI is InChI=1S/C12H23N3O/c1-5-15-8-7-14-11(15)9-10(13)12(3,4)16-6-2/h7-8,10H,5-6,9,13H2,1-4H3. The lowest BCUT2D eigenvalue weighted by molar-refractivity contribution is -0.0293. The van der Waals surface area contributed by atoms with Gasteiger partial charge in [-0.15, -0.1) is 0 Å². The van der Waals surface area contributed by atoms with Crippen LogP contribution < -0.4 is 5.73 Å². The van der Waals surface area contributed by atoms with E-state index in [0.29, 0.717) is 6.61 Å². The van der Waals surface area contributed by atoms with Gasteiger partial charge in [0.15, 0.2) is 0 Å². The topological polar surface area (TPSA) is 53.1 Å². The number of imidazole rings is 1. The van der Waals surface area contributed by atoms with Gasteiger partial charge in [-0.05, 0) is 27.7 Å². The maximum absolute atomic E-state index is 6.17. The highest BCUT2D eigenvalue weighted by Crippen LogP contribution is 2.16. The molecule has 4 nitrogen and oxygen atoms in total. The van der Waals surface area contributed by atoms with Crippen molar-refractivity contribution in [3.63, 3.8) is 0 Å². The van der Waals surface area contributed by atoms with E-state index in [4.69, 9.17) is 10.5 Å². The van der Waals surface area contributed by atoms with E-state index in [1.54, 1.807) is 0 Å². The number of hydrogen-bond acceptors (Lipinski definition) is 3. The van der Waals surface area contributed by atoms with Crippen LogP contribution in [0.5, 0.6) is 0 Å². The molecule has 0 fully saturated rings. The van der Waals surface area contributed by atoms with Crippen molar-refractivity contribution < 1.29 is 4.74 Å². The van der Waals surface area contributed by atoms with Crippen LogP contribution in [0.1, 0.15) is 33.5 Å². The summed E-state index contributed by atoms with van der Waals surface area (Å²) in [7, 11) is 0. The third-order valence-electron chi connectivity index (χ3n) is 2.95. The van der Waals surface area contributed by atoms with Crippen molar-refractivity contribution in [2.75, 3.05) is 6.61 Å². The maximum atomic E-state index is 6.17. The zero-order chi connectivity index (χ0) is 12.2. The summed E-state index contributed by atoms with van der Waals surface area (Å²) < 4.78 is 7.76. The molecule has 0 saturated carbocycles. The molecule has 0 amide bonds. The second-order valence-electron chi connectivity index (χ2n) is 4.48. The van der Waals surface area contributed by atoms with Gasteiger partial charge in [0.25, 0.3) is 0 Å². The molecule has 0 spiro atoms.